The lowest BCUT2D eigenvalue weighted by molar-refractivity contribution is 0.0952. The molecule has 0 radical (unpaired) electrons. The van der Waals surface area contributed by atoms with Gasteiger partial charge in [0, 0.05) is 35.2 Å². The number of amides is 1. The number of hydrogen-bond acceptors (Lipinski definition) is 2. The summed E-state index contributed by atoms with van der Waals surface area (Å²) in [5, 5.41) is 7.50. The molecule has 1 atom stereocenters. The molecule has 1 saturated heterocycles. The van der Waals surface area contributed by atoms with E-state index in [4.69, 9.17) is 0 Å². The first-order valence-electron chi connectivity index (χ1n) is 6.92. The van der Waals surface area contributed by atoms with Crippen molar-refractivity contribution in [2.45, 2.75) is 25.3 Å². The zero-order valence-electron chi connectivity index (χ0n) is 10.9. The fourth-order valence-electron chi connectivity index (χ4n) is 2.66. The smallest absolute Gasteiger partial charge is 0.251 e. The Morgan fingerprint density at radius 1 is 1.37 bits per heavy atom. The quantitative estimate of drug-likeness (QED) is 0.785. The van der Waals surface area contributed by atoms with Crippen molar-refractivity contribution in [3.8, 4) is 0 Å². The van der Waals surface area contributed by atoms with Crippen LogP contribution in [0.1, 0.15) is 29.6 Å². The van der Waals surface area contributed by atoms with E-state index in [0.29, 0.717) is 6.04 Å². The van der Waals surface area contributed by atoms with Crippen LogP contribution in [0, 0.1) is 0 Å². The van der Waals surface area contributed by atoms with Gasteiger partial charge in [0.25, 0.3) is 5.91 Å². The van der Waals surface area contributed by atoms with E-state index in [2.05, 4.69) is 15.6 Å². The molecule has 100 valence electrons. The third-order valence-electron chi connectivity index (χ3n) is 3.76. The number of benzene rings is 1. The van der Waals surface area contributed by atoms with E-state index >= 15 is 0 Å². The van der Waals surface area contributed by atoms with Gasteiger partial charge in [0.1, 0.15) is 0 Å². The van der Waals surface area contributed by atoms with Crippen molar-refractivity contribution in [3.05, 3.63) is 36.0 Å². The summed E-state index contributed by atoms with van der Waals surface area (Å²) in [6, 6.07) is 8.29. The maximum atomic E-state index is 12.0. The molecule has 1 aliphatic rings. The SMILES string of the molecule is O=C(NCC[C@@H]1CCCN1)c1ccc2[nH]ccc2c1. The van der Waals surface area contributed by atoms with Crippen LogP contribution in [0.3, 0.4) is 0 Å². The molecule has 2 heterocycles. The molecule has 1 aliphatic heterocycles. The molecular formula is C15H19N3O. The van der Waals surface area contributed by atoms with Crippen molar-refractivity contribution in [1.82, 2.24) is 15.6 Å². The number of fused-ring (bicyclic) bond motifs is 1. The number of rotatable bonds is 4. The highest BCUT2D eigenvalue weighted by Gasteiger charge is 2.14. The van der Waals surface area contributed by atoms with Crippen molar-refractivity contribution in [1.29, 1.82) is 0 Å². The topological polar surface area (TPSA) is 56.9 Å². The minimum absolute atomic E-state index is 0.0149. The van der Waals surface area contributed by atoms with Gasteiger partial charge in [0.2, 0.25) is 0 Å². The number of H-pyrrole nitrogens is 1. The number of hydrogen-bond donors (Lipinski definition) is 3. The van der Waals surface area contributed by atoms with Gasteiger partial charge in [0.15, 0.2) is 0 Å². The van der Waals surface area contributed by atoms with Gasteiger partial charge >= 0.3 is 0 Å². The molecule has 19 heavy (non-hydrogen) atoms. The van der Waals surface area contributed by atoms with Crippen LogP contribution in [-0.4, -0.2) is 30.0 Å². The largest absolute Gasteiger partial charge is 0.361 e. The third kappa shape index (κ3) is 2.79. The Labute approximate surface area is 112 Å². The normalized spacial score (nSPS) is 18.8. The average molecular weight is 257 g/mol. The molecule has 3 rings (SSSR count). The Hall–Kier alpha value is -1.81. The number of nitrogens with one attached hydrogen (secondary N) is 3. The summed E-state index contributed by atoms with van der Waals surface area (Å²) >= 11 is 0. The Morgan fingerprint density at radius 3 is 3.16 bits per heavy atom. The van der Waals surface area contributed by atoms with Crippen LogP contribution in [0.15, 0.2) is 30.5 Å². The van der Waals surface area contributed by atoms with Gasteiger partial charge in [-0.2, -0.15) is 0 Å². The van der Waals surface area contributed by atoms with Crippen molar-refractivity contribution in [2.75, 3.05) is 13.1 Å². The number of aromatic nitrogens is 1. The minimum Gasteiger partial charge on any atom is -0.361 e. The average Bonchev–Trinajstić information content (AvgIpc) is 3.08. The standard InChI is InChI=1S/C15H19N3O/c19-15(18-9-6-13-2-1-7-16-13)12-3-4-14-11(10-12)5-8-17-14/h3-5,8,10,13,16-17H,1-2,6-7,9H2,(H,18,19)/t13-/m0/s1. The van der Waals surface area contributed by atoms with Crippen LogP contribution >= 0.6 is 0 Å². The highest BCUT2D eigenvalue weighted by atomic mass is 16.1. The van der Waals surface area contributed by atoms with Crippen LogP contribution in [-0.2, 0) is 0 Å². The van der Waals surface area contributed by atoms with Crippen LogP contribution < -0.4 is 10.6 Å². The van der Waals surface area contributed by atoms with E-state index in [1.807, 2.05) is 30.5 Å². The summed E-state index contributed by atoms with van der Waals surface area (Å²) in [6.07, 6.45) is 5.38. The summed E-state index contributed by atoms with van der Waals surface area (Å²) in [7, 11) is 0. The summed E-state index contributed by atoms with van der Waals surface area (Å²) in [6.45, 7) is 1.85. The molecule has 2 aromatic rings. The van der Waals surface area contributed by atoms with Gasteiger partial charge < -0.3 is 15.6 Å². The second-order valence-corrected chi connectivity index (χ2v) is 5.12. The highest BCUT2D eigenvalue weighted by Crippen LogP contribution is 2.14. The number of carbonyl (C=O) groups is 1. The fourth-order valence-corrected chi connectivity index (χ4v) is 2.66. The lowest BCUT2D eigenvalue weighted by Crippen LogP contribution is -2.30. The Kier molecular flexibility index (Phi) is 3.51. The first-order valence-corrected chi connectivity index (χ1v) is 6.92. The maximum absolute atomic E-state index is 12.0. The molecule has 1 aromatic heterocycles. The molecule has 0 bridgehead atoms. The summed E-state index contributed by atoms with van der Waals surface area (Å²) < 4.78 is 0. The number of aromatic amines is 1. The molecular weight excluding hydrogens is 238 g/mol. The lowest BCUT2D eigenvalue weighted by Gasteiger charge is -2.10. The number of carbonyl (C=O) groups excluding carboxylic acids is 1. The second-order valence-electron chi connectivity index (χ2n) is 5.12. The Balaban J connectivity index is 1.56. The van der Waals surface area contributed by atoms with E-state index in [0.717, 1.165) is 36.0 Å². The zero-order chi connectivity index (χ0) is 13.1. The summed E-state index contributed by atoms with van der Waals surface area (Å²) in [4.78, 5) is 15.2. The van der Waals surface area contributed by atoms with E-state index in [1.165, 1.54) is 12.8 Å². The van der Waals surface area contributed by atoms with Crippen LogP contribution in [0.4, 0.5) is 0 Å². The predicted octanol–water partition coefficient (Wildman–Crippen LogP) is 2.04. The van der Waals surface area contributed by atoms with Crippen molar-refractivity contribution in [2.24, 2.45) is 0 Å². The molecule has 1 aromatic carbocycles. The zero-order valence-corrected chi connectivity index (χ0v) is 10.9. The monoisotopic (exact) mass is 257 g/mol. The molecule has 4 heteroatoms. The molecule has 4 nitrogen and oxygen atoms in total. The first kappa shape index (κ1) is 12.2. The Morgan fingerprint density at radius 2 is 2.32 bits per heavy atom. The van der Waals surface area contributed by atoms with Crippen LogP contribution in [0.5, 0.6) is 0 Å². The first-order chi connectivity index (χ1) is 9.33. The molecule has 1 fully saturated rings. The second kappa shape index (κ2) is 5.45. The molecule has 0 unspecified atom stereocenters. The van der Waals surface area contributed by atoms with Crippen molar-refractivity contribution < 1.29 is 4.79 Å². The van der Waals surface area contributed by atoms with Crippen molar-refractivity contribution in [3.63, 3.8) is 0 Å². The lowest BCUT2D eigenvalue weighted by atomic mass is 10.1. The predicted molar refractivity (Wildman–Crippen MR) is 76.3 cm³/mol. The highest BCUT2D eigenvalue weighted by molar-refractivity contribution is 5.98. The van der Waals surface area contributed by atoms with E-state index < -0.39 is 0 Å². The van der Waals surface area contributed by atoms with Crippen LogP contribution in [0.2, 0.25) is 0 Å². The Bertz CT molecular complexity index is 570. The summed E-state index contributed by atoms with van der Waals surface area (Å²) in [5.74, 6) is 0.0149. The molecule has 1 amide bonds. The maximum Gasteiger partial charge on any atom is 0.251 e. The van der Waals surface area contributed by atoms with E-state index in [1.54, 1.807) is 0 Å². The fraction of sp³-hybridized carbons (Fsp3) is 0.400. The molecule has 0 saturated carbocycles. The van der Waals surface area contributed by atoms with Crippen molar-refractivity contribution >= 4 is 16.8 Å². The van der Waals surface area contributed by atoms with Crippen LogP contribution in [0.25, 0.3) is 10.9 Å². The minimum atomic E-state index is 0.0149. The van der Waals surface area contributed by atoms with E-state index in [-0.39, 0.29) is 5.91 Å². The van der Waals surface area contributed by atoms with Gasteiger partial charge in [-0.25, -0.2) is 0 Å². The van der Waals surface area contributed by atoms with E-state index in [9.17, 15) is 4.79 Å². The van der Waals surface area contributed by atoms with Gasteiger partial charge in [-0.1, -0.05) is 0 Å². The van der Waals surface area contributed by atoms with Gasteiger partial charge in [0.05, 0.1) is 0 Å². The molecule has 3 N–H and O–H groups in total. The molecule has 0 aliphatic carbocycles. The van der Waals surface area contributed by atoms with Gasteiger partial charge in [-0.05, 0) is 50.1 Å². The summed E-state index contributed by atoms with van der Waals surface area (Å²) in [5.41, 5.74) is 1.79. The van der Waals surface area contributed by atoms with Gasteiger partial charge in [-0.15, -0.1) is 0 Å². The molecule has 0 spiro atoms. The van der Waals surface area contributed by atoms with Gasteiger partial charge in [-0.3, -0.25) is 4.79 Å². The third-order valence-corrected chi connectivity index (χ3v) is 3.76.